The van der Waals surface area contributed by atoms with Crippen molar-refractivity contribution < 1.29 is 0 Å². The Hall–Kier alpha value is -0.820. The van der Waals surface area contributed by atoms with Gasteiger partial charge >= 0.3 is 0 Å². The Labute approximate surface area is 146 Å². The van der Waals surface area contributed by atoms with Crippen molar-refractivity contribution in [3.05, 3.63) is 44.6 Å². The van der Waals surface area contributed by atoms with Crippen LogP contribution in [0.25, 0.3) is 0 Å². The molecule has 0 atom stereocenters. The van der Waals surface area contributed by atoms with E-state index in [1.165, 1.54) is 0 Å². The lowest BCUT2D eigenvalue weighted by atomic mass is 10.3. The minimum atomic E-state index is 0.456. The molecule has 2 rings (SSSR count). The summed E-state index contributed by atoms with van der Waals surface area (Å²) in [5, 5.41) is 12.1. The number of nitrogens with zero attached hydrogens (tertiary/aromatic N) is 2. The molecular formula is C13H13BrCl2N4S. The standard InChI is InChI=1S/C13H13BrCl2N4S/c1-2-20-7-9(14)12(19-20)6-17-13(21)18-11-5-8(15)3-4-10(11)16/h3-5,7H,2,6H2,1H3,(H2,17,18,21). The van der Waals surface area contributed by atoms with Crippen LogP contribution in [-0.2, 0) is 13.1 Å². The lowest BCUT2D eigenvalue weighted by molar-refractivity contribution is 0.643. The summed E-state index contributed by atoms with van der Waals surface area (Å²) in [6.45, 7) is 3.36. The summed E-state index contributed by atoms with van der Waals surface area (Å²) in [5.74, 6) is 0. The van der Waals surface area contributed by atoms with E-state index in [0.717, 1.165) is 16.7 Å². The van der Waals surface area contributed by atoms with Gasteiger partial charge in [0.05, 0.1) is 27.4 Å². The van der Waals surface area contributed by atoms with Gasteiger partial charge in [-0.05, 0) is 53.3 Å². The minimum absolute atomic E-state index is 0.456. The summed E-state index contributed by atoms with van der Waals surface area (Å²) >= 11 is 20.7. The zero-order valence-electron chi connectivity index (χ0n) is 11.2. The van der Waals surface area contributed by atoms with Gasteiger partial charge in [-0.3, -0.25) is 4.68 Å². The van der Waals surface area contributed by atoms with E-state index < -0.39 is 0 Å². The van der Waals surface area contributed by atoms with Crippen LogP contribution < -0.4 is 10.6 Å². The van der Waals surface area contributed by atoms with Crippen molar-refractivity contribution >= 4 is 62.1 Å². The molecule has 0 fully saturated rings. The van der Waals surface area contributed by atoms with Gasteiger partial charge in [-0.25, -0.2) is 0 Å². The molecule has 2 N–H and O–H groups in total. The maximum absolute atomic E-state index is 6.07. The van der Waals surface area contributed by atoms with Crippen LogP contribution in [0.2, 0.25) is 10.0 Å². The second kappa shape index (κ2) is 7.45. The summed E-state index contributed by atoms with van der Waals surface area (Å²) in [7, 11) is 0. The van der Waals surface area contributed by atoms with Gasteiger partial charge in [0.2, 0.25) is 0 Å². The number of benzene rings is 1. The molecule has 0 aliphatic heterocycles. The molecule has 21 heavy (non-hydrogen) atoms. The minimum Gasteiger partial charge on any atom is -0.357 e. The zero-order valence-corrected chi connectivity index (χ0v) is 15.1. The summed E-state index contributed by atoms with van der Waals surface area (Å²) in [5.41, 5.74) is 1.55. The topological polar surface area (TPSA) is 41.9 Å². The van der Waals surface area contributed by atoms with E-state index in [1.807, 2.05) is 17.8 Å². The maximum atomic E-state index is 6.07. The molecular weight excluding hydrogens is 395 g/mol. The highest BCUT2D eigenvalue weighted by Gasteiger charge is 2.08. The lowest BCUT2D eigenvalue weighted by Crippen LogP contribution is -2.28. The molecule has 1 aromatic heterocycles. The zero-order chi connectivity index (χ0) is 15.4. The van der Waals surface area contributed by atoms with Gasteiger partial charge < -0.3 is 10.6 Å². The Balaban J connectivity index is 1.95. The van der Waals surface area contributed by atoms with Gasteiger partial charge in [-0.15, -0.1) is 0 Å². The van der Waals surface area contributed by atoms with E-state index in [4.69, 9.17) is 35.4 Å². The van der Waals surface area contributed by atoms with Crippen molar-refractivity contribution in [3.8, 4) is 0 Å². The number of rotatable bonds is 4. The van der Waals surface area contributed by atoms with E-state index in [9.17, 15) is 0 Å². The predicted molar refractivity (Wildman–Crippen MR) is 95.1 cm³/mol. The summed E-state index contributed by atoms with van der Waals surface area (Å²) in [6.07, 6.45) is 1.93. The number of aromatic nitrogens is 2. The Morgan fingerprint density at radius 3 is 2.86 bits per heavy atom. The van der Waals surface area contributed by atoms with Crippen LogP contribution in [0.1, 0.15) is 12.6 Å². The third kappa shape index (κ3) is 4.57. The van der Waals surface area contributed by atoms with Crippen LogP contribution in [0, 0.1) is 0 Å². The summed E-state index contributed by atoms with van der Waals surface area (Å²) in [6, 6.07) is 5.16. The first-order chi connectivity index (χ1) is 9.99. The monoisotopic (exact) mass is 406 g/mol. The van der Waals surface area contributed by atoms with E-state index >= 15 is 0 Å². The first-order valence-corrected chi connectivity index (χ1v) is 8.17. The van der Waals surface area contributed by atoms with Crippen LogP contribution in [0.5, 0.6) is 0 Å². The second-order valence-electron chi connectivity index (χ2n) is 4.21. The molecule has 112 valence electrons. The van der Waals surface area contributed by atoms with Gasteiger partial charge in [-0.2, -0.15) is 5.10 Å². The molecule has 0 saturated heterocycles. The number of aryl methyl sites for hydroxylation is 1. The molecule has 0 radical (unpaired) electrons. The SMILES string of the molecule is CCn1cc(Br)c(CNC(=S)Nc2cc(Cl)ccc2Cl)n1. The van der Waals surface area contributed by atoms with E-state index in [2.05, 4.69) is 31.7 Å². The fourth-order valence-corrected chi connectivity index (χ4v) is 2.62. The van der Waals surface area contributed by atoms with Gasteiger partial charge in [0.1, 0.15) is 0 Å². The lowest BCUT2D eigenvalue weighted by Gasteiger charge is -2.11. The van der Waals surface area contributed by atoms with E-state index in [0.29, 0.717) is 27.4 Å². The third-order valence-corrected chi connectivity index (χ3v) is 4.18. The van der Waals surface area contributed by atoms with Gasteiger partial charge in [-0.1, -0.05) is 23.2 Å². The number of thiocarbonyl (C=S) groups is 1. The highest BCUT2D eigenvalue weighted by molar-refractivity contribution is 9.10. The Bertz CT molecular complexity index is 660. The molecule has 0 bridgehead atoms. The molecule has 2 aromatic rings. The normalized spacial score (nSPS) is 10.5. The largest absolute Gasteiger partial charge is 0.357 e. The Morgan fingerprint density at radius 1 is 1.43 bits per heavy atom. The van der Waals surface area contributed by atoms with Gasteiger partial charge in [0, 0.05) is 17.8 Å². The maximum Gasteiger partial charge on any atom is 0.171 e. The number of nitrogens with one attached hydrogen (secondary N) is 2. The van der Waals surface area contributed by atoms with E-state index in [1.54, 1.807) is 18.2 Å². The molecule has 1 heterocycles. The molecule has 0 amide bonds. The summed E-state index contributed by atoms with van der Waals surface area (Å²) in [4.78, 5) is 0. The quantitative estimate of drug-likeness (QED) is 0.734. The number of halogens is 3. The van der Waals surface area contributed by atoms with Crippen molar-refractivity contribution in [2.75, 3.05) is 5.32 Å². The van der Waals surface area contributed by atoms with Crippen molar-refractivity contribution in [1.82, 2.24) is 15.1 Å². The third-order valence-electron chi connectivity index (χ3n) is 2.70. The second-order valence-corrected chi connectivity index (χ2v) is 6.32. The number of hydrogen-bond acceptors (Lipinski definition) is 2. The van der Waals surface area contributed by atoms with Gasteiger partial charge in [0.25, 0.3) is 0 Å². The van der Waals surface area contributed by atoms with Crippen molar-refractivity contribution in [1.29, 1.82) is 0 Å². The molecule has 1 aromatic carbocycles. The van der Waals surface area contributed by atoms with Crippen LogP contribution in [0.3, 0.4) is 0 Å². The van der Waals surface area contributed by atoms with Gasteiger partial charge in [0.15, 0.2) is 5.11 Å². The smallest absolute Gasteiger partial charge is 0.171 e. The van der Waals surface area contributed by atoms with E-state index in [-0.39, 0.29) is 0 Å². The van der Waals surface area contributed by atoms with Crippen molar-refractivity contribution in [2.24, 2.45) is 0 Å². The first kappa shape index (κ1) is 16.5. The fourth-order valence-electron chi connectivity index (χ4n) is 1.64. The highest BCUT2D eigenvalue weighted by Crippen LogP contribution is 2.25. The fraction of sp³-hybridized carbons (Fsp3) is 0.231. The number of hydrogen-bond donors (Lipinski definition) is 2. The molecule has 8 heteroatoms. The molecule has 0 spiro atoms. The Kier molecular flexibility index (Phi) is 5.87. The molecule has 0 saturated carbocycles. The predicted octanol–water partition coefficient (Wildman–Crippen LogP) is 4.46. The van der Waals surface area contributed by atoms with Crippen LogP contribution in [0.15, 0.2) is 28.9 Å². The van der Waals surface area contributed by atoms with Crippen LogP contribution in [-0.4, -0.2) is 14.9 Å². The molecule has 0 aliphatic carbocycles. The molecule has 0 aliphatic rings. The average Bonchev–Trinajstić information content (AvgIpc) is 2.81. The van der Waals surface area contributed by atoms with Crippen LogP contribution >= 0.6 is 51.3 Å². The first-order valence-electron chi connectivity index (χ1n) is 6.21. The number of anilines is 1. The van der Waals surface area contributed by atoms with Crippen molar-refractivity contribution in [2.45, 2.75) is 20.0 Å². The molecule has 4 nitrogen and oxygen atoms in total. The summed E-state index contributed by atoms with van der Waals surface area (Å²) < 4.78 is 2.80. The molecule has 0 unspecified atom stereocenters. The highest BCUT2D eigenvalue weighted by atomic mass is 79.9. The van der Waals surface area contributed by atoms with Crippen LogP contribution in [0.4, 0.5) is 5.69 Å². The van der Waals surface area contributed by atoms with Crippen molar-refractivity contribution in [3.63, 3.8) is 0 Å². The Morgan fingerprint density at radius 2 is 2.19 bits per heavy atom. The average molecular weight is 408 g/mol.